The summed E-state index contributed by atoms with van der Waals surface area (Å²) < 4.78 is 5.82. The van der Waals surface area contributed by atoms with E-state index in [0.29, 0.717) is 11.3 Å². The Bertz CT molecular complexity index is 688. The molecule has 0 aliphatic heterocycles. The van der Waals surface area contributed by atoms with Gasteiger partial charge in [-0.05, 0) is 61.4 Å². The minimum absolute atomic E-state index is 0.240. The number of ether oxygens (including phenoxy) is 1. The Morgan fingerprint density at radius 3 is 2.40 bits per heavy atom. The number of benzene rings is 2. The van der Waals surface area contributed by atoms with Crippen molar-refractivity contribution in [1.29, 1.82) is 0 Å². The van der Waals surface area contributed by atoms with E-state index >= 15 is 0 Å². The van der Waals surface area contributed by atoms with Crippen LogP contribution in [0.3, 0.4) is 0 Å². The minimum atomic E-state index is -0.240. The predicted octanol–water partition coefficient (Wildman–Crippen LogP) is 6.29. The molecule has 0 fully saturated rings. The molecule has 0 unspecified atom stereocenters. The molecule has 0 saturated heterocycles. The van der Waals surface area contributed by atoms with Crippen LogP contribution in [0.15, 0.2) is 42.5 Å². The first kappa shape index (κ1) is 19.2. The highest BCUT2D eigenvalue weighted by molar-refractivity contribution is 5.92. The second-order valence-corrected chi connectivity index (χ2v) is 6.66. The fourth-order valence-corrected chi connectivity index (χ4v) is 3.10. The molecule has 0 amide bonds. The lowest BCUT2D eigenvalue weighted by molar-refractivity contribution is 0.0732. The summed E-state index contributed by atoms with van der Waals surface area (Å²) in [7, 11) is 0. The van der Waals surface area contributed by atoms with Crippen LogP contribution in [-0.2, 0) is 12.8 Å². The Kier molecular flexibility index (Phi) is 7.72. The zero-order valence-electron chi connectivity index (χ0n) is 15.8. The van der Waals surface area contributed by atoms with Gasteiger partial charge in [-0.1, -0.05) is 63.4 Å². The highest BCUT2D eigenvalue weighted by atomic mass is 16.5. The van der Waals surface area contributed by atoms with E-state index in [0.717, 1.165) is 43.2 Å². The van der Waals surface area contributed by atoms with Crippen LogP contribution in [-0.4, -0.2) is 5.97 Å². The molecule has 0 bridgehead atoms. The van der Waals surface area contributed by atoms with Gasteiger partial charge in [-0.25, -0.2) is 4.79 Å². The average molecular weight is 338 g/mol. The summed E-state index contributed by atoms with van der Waals surface area (Å²) >= 11 is 0. The zero-order valence-corrected chi connectivity index (χ0v) is 15.8. The maximum absolute atomic E-state index is 12.8. The Morgan fingerprint density at radius 2 is 1.64 bits per heavy atom. The highest BCUT2D eigenvalue weighted by Gasteiger charge is 2.15. The monoisotopic (exact) mass is 338 g/mol. The first-order chi connectivity index (χ1) is 12.2. The Balaban J connectivity index is 2.19. The van der Waals surface area contributed by atoms with Crippen LogP contribution >= 0.6 is 0 Å². The lowest BCUT2D eigenvalue weighted by Crippen LogP contribution is -2.13. The largest absolute Gasteiger partial charge is 0.423 e. The third kappa shape index (κ3) is 5.45. The topological polar surface area (TPSA) is 26.3 Å². The van der Waals surface area contributed by atoms with E-state index < -0.39 is 0 Å². The van der Waals surface area contributed by atoms with Gasteiger partial charge in [0.2, 0.25) is 0 Å². The van der Waals surface area contributed by atoms with Crippen molar-refractivity contribution < 1.29 is 9.53 Å². The molecule has 0 saturated carbocycles. The highest BCUT2D eigenvalue weighted by Crippen LogP contribution is 2.25. The van der Waals surface area contributed by atoms with Crippen LogP contribution in [0.4, 0.5) is 0 Å². The van der Waals surface area contributed by atoms with Gasteiger partial charge in [0.25, 0.3) is 0 Å². The van der Waals surface area contributed by atoms with E-state index in [2.05, 4.69) is 26.8 Å². The van der Waals surface area contributed by atoms with E-state index in [4.69, 9.17) is 4.74 Å². The van der Waals surface area contributed by atoms with Crippen LogP contribution in [0.25, 0.3) is 0 Å². The summed E-state index contributed by atoms with van der Waals surface area (Å²) in [5.41, 5.74) is 4.13. The van der Waals surface area contributed by atoms with E-state index in [1.54, 1.807) is 0 Å². The summed E-state index contributed by atoms with van der Waals surface area (Å²) in [6.07, 6.45) is 7.57. The second-order valence-electron chi connectivity index (χ2n) is 6.66. The predicted molar refractivity (Wildman–Crippen MR) is 104 cm³/mol. The van der Waals surface area contributed by atoms with Crippen molar-refractivity contribution >= 4 is 5.97 Å². The van der Waals surface area contributed by atoms with Crippen LogP contribution in [0.1, 0.15) is 73.0 Å². The van der Waals surface area contributed by atoms with Crippen molar-refractivity contribution in [2.45, 2.75) is 65.7 Å². The number of carbonyl (C=O) groups is 1. The molecule has 0 spiro atoms. The Morgan fingerprint density at radius 1 is 0.880 bits per heavy atom. The first-order valence-corrected chi connectivity index (χ1v) is 9.56. The van der Waals surface area contributed by atoms with E-state index in [9.17, 15) is 4.79 Å². The quantitative estimate of drug-likeness (QED) is 0.305. The lowest BCUT2D eigenvalue weighted by Gasteiger charge is -2.14. The fourth-order valence-electron chi connectivity index (χ4n) is 3.10. The molecule has 2 aromatic carbocycles. The summed E-state index contributed by atoms with van der Waals surface area (Å²) in [5, 5.41) is 0. The van der Waals surface area contributed by atoms with Gasteiger partial charge in [-0.2, -0.15) is 0 Å². The van der Waals surface area contributed by atoms with Crippen LogP contribution < -0.4 is 4.74 Å². The molecule has 2 nitrogen and oxygen atoms in total. The standard InChI is InChI=1S/C23H30O2/c1-4-6-8-13-19-14-9-10-16-21(19)23(24)25-22-17-11-12-18(3)20(22)15-7-5-2/h9-12,14,16-17H,4-8,13,15H2,1-3H3. The summed E-state index contributed by atoms with van der Waals surface area (Å²) in [6.45, 7) is 6.45. The van der Waals surface area contributed by atoms with Gasteiger partial charge in [-0.15, -0.1) is 0 Å². The van der Waals surface area contributed by atoms with Gasteiger partial charge in [-0.3, -0.25) is 0 Å². The van der Waals surface area contributed by atoms with Gasteiger partial charge in [0.1, 0.15) is 5.75 Å². The molecule has 0 aromatic heterocycles. The molecule has 0 heterocycles. The number of unbranched alkanes of at least 4 members (excludes halogenated alkanes) is 3. The fraction of sp³-hybridized carbons (Fsp3) is 0.435. The summed E-state index contributed by atoms with van der Waals surface area (Å²) in [5.74, 6) is 0.470. The number of hydrogen-bond donors (Lipinski definition) is 0. The molecule has 0 atom stereocenters. The Hall–Kier alpha value is -2.09. The van der Waals surface area contributed by atoms with Crippen LogP contribution in [0, 0.1) is 6.92 Å². The molecule has 0 aliphatic rings. The molecule has 0 radical (unpaired) electrons. The molecule has 25 heavy (non-hydrogen) atoms. The second kappa shape index (κ2) is 10.0. The van der Waals surface area contributed by atoms with Gasteiger partial charge in [0.05, 0.1) is 5.56 Å². The summed E-state index contributed by atoms with van der Waals surface area (Å²) in [4.78, 5) is 12.8. The minimum Gasteiger partial charge on any atom is -0.423 e. The molecular formula is C23H30O2. The molecule has 134 valence electrons. The van der Waals surface area contributed by atoms with Crippen molar-refractivity contribution in [1.82, 2.24) is 0 Å². The van der Waals surface area contributed by atoms with Crippen molar-refractivity contribution in [3.63, 3.8) is 0 Å². The molecule has 0 aliphatic carbocycles. The number of hydrogen-bond acceptors (Lipinski definition) is 2. The SMILES string of the molecule is CCCCCc1ccccc1C(=O)Oc1cccc(C)c1CCCC. The van der Waals surface area contributed by atoms with E-state index in [-0.39, 0.29) is 5.97 Å². The average Bonchev–Trinajstić information content (AvgIpc) is 2.62. The number of rotatable bonds is 9. The third-order valence-corrected chi connectivity index (χ3v) is 4.64. The van der Waals surface area contributed by atoms with Crippen molar-refractivity contribution in [3.05, 3.63) is 64.7 Å². The lowest BCUT2D eigenvalue weighted by atomic mass is 10.0. The van der Waals surface area contributed by atoms with Crippen LogP contribution in [0.2, 0.25) is 0 Å². The van der Waals surface area contributed by atoms with Gasteiger partial charge in [0, 0.05) is 0 Å². The smallest absolute Gasteiger partial charge is 0.343 e. The molecule has 0 N–H and O–H groups in total. The molecular weight excluding hydrogens is 308 g/mol. The van der Waals surface area contributed by atoms with E-state index in [1.807, 2.05) is 36.4 Å². The number of carbonyl (C=O) groups excluding carboxylic acids is 1. The number of esters is 1. The zero-order chi connectivity index (χ0) is 18.1. The molecule has 2 rings (SSSR count). The van der Waals surface area contributed by atoms with Crippen molar-refractivity contribution in [2.75, 3.05) is 0 Å². The maximum Gasteiger partial charge on any atom is 0.343 e. The molecule has 2 aromatic rings. The molecule has 2 heteroatoms. The van der Waals surface area contributed by atoms with Gasteiger partial charge >= 0.3 is 5.97 Å². The third-order valence-electron chi connectivity index (χ3n) is 4.64. The maximum atomic E-state index is 12.8. The normalized spacial score (nSPS) is 10.7. The van der Waals surface area contributed by atoms with Gasteiger partial charge < -0.3 is 4.74 Å². The number of aryl methyl sites for hydroxylation is 2. The van der Waals surface area contributed by atoms with Crippen molar-refractivity contribution in [3.8, 4) is 5.75 Å². The van der Waals surface area contributed by atoms with Crippen molar-refractivity contribution in [2.24, 2.45) is 0 Å². The Labute approximate surface area is 152 Å². The first-order valence-electron chi connectivity index (χ1n) is 9.56. The van der Waals surface area contributed by atoms with Gasteiger partial charge in [0.15, 0.2) is 0 Å². The van der Waals surface area contributed by atoms with E-state index in [1.165, 1.54) is 18.4 Å². The van der Waals surface area contributed by atoms with Crippen LogP contribution in [0.5, 0.6) is 5.75 Å². The summed E-state index contributed by atoms with van der Waals surface area (Å²) in [6, 6.07) is 13.8.